The summed E-state index contributed by atoms with van der Waals surface area (Å²) in [5.41, 5.74) is 5.15. The van der Waals surface area contributed by atoms with E-state index in [0.29, 0.717) is 6.42 Å². The van der Waals surface area contributed by atoms with Crippen LogP contribution in [0.5, 0.6) is 0 Å². The van der Waals surface area contributed by atoms with Gasteiger partial charge in [0, 0.05) is 13.1 Å². The average molecular weight is 282 g/mol. The summed E-state index contributed by atoms with van der Waals surface area (Å²) >= 11 is 0. The molecule has 1 atom stereocenters. The van der Waals surface area contributed by atoms with Crippen molar-refractivity contribution in [2.45, 2.75) is 57.4 Å². The van der Waals surface area contributed by atoms with Gasteiger partial charge in [-0.25, -0.2) is 0 Å². The number of hydrogen-bond donors (Lipinski definition) is 1. The smallest absolute Gasteiger partial charge is 0.325 e. The predicted octanol–water partition coefficient (Wildman–Crippen LogP) is 2.17. The minimum atomic E-state index is -0.827. The van der Waals surface area contributed by atoms with Crippen LogP contribution in [0.3, 0.4) is 0 Å². The normalized spacial score (nSPS) is 21.8. The largest absolute Gasteiger partial charge is 0.468 e. The van der Waals surface area contributed by atoms with E-state index in [9.17, 15) is 4.79 Å². The highest BCUT2D eigenvalue weighted by Crippen LogP contribution is 2.33. The molecule has 0 bridgehead atoms. The van der Waals surface area contributed by atoms with Gasteiger partial charge in [0.2, 0.25) is 0 Å². The third-order valence-corrected chi connectivity index (χ3v) is 4.50. The predicted molar refractivity (Wildman–Crippen MR) is 80.3 cm³/mol. The lowest BCUT2D eigenvalue weighted by Crippen LogP contribution is -2.45. The molecule has 0 aliphatic heterocycles. The molecular weight excluding hydrogens is 252 g/mol. The standard InChI is InChI=1S/C16H30N2O2/c1-16(17,15(19)20-2)9-3-4-10-18(11-13-5-6-13)12-14-7-8-14/h13-14H,3-12,17H2,1-2H3. The van der Waals surface area contributed by atoms with Crippen molar-refractivity contribution in [2.75, 3.05) is 26.7 Å². The molecule has 1 unspecified atom stereocenters. The van der Waals surface area contributed by atoms with Crippen molar-refractivity contribution in [1.82, 2.24) is 4.90 Å². The number of nitrogens with two attached hydrogens (primary N) is 1. The van der Waals surface area contributed by atoms with E-state index in [4.69, 9.17) is 10.5 Å². The first-order valence-corrected chi connectivity index (χ1v) is 8.11. The monoisotopic (exact) mass is 282 g/mol. The lowest BCUT2D eigenvalue weighted by molar-refractivity contribution is -0.146. The highest BCUT2D eigenvalue weighted by atomic mass is 16.5. The quantitative estimate of drug-likeness (QED) is 0.493. The maximum absolute atomic E-state index is 11.5. The van der Waals surface area contributed by atoms with Crippen LogP contribution in [-0.2, 0) is 9.53 Å². The van der Waals surface area contributed by atoms with Crippen molar-refractivity contribution < 1.29 is 9.53 Å². The van der Waals surface area contributed by atoms with E-state index < -0.39 is 5.54 Å². The van der Waals surface area contributed by atoms with Gasteiger partial charge in [-0.15, -0.1) is 0 Å². The van der Waals surface area contributed by atoms with Crippen LogP contribution in [0.2, 0.25) is 0 Å². The van der Waals surface area contributed by atoms with Crippen molar-refractivity contribution in [3.05, 3.63) is 0 Å². The maximum atomic E-state index is 11.5. The lowest BCUT2D eigenvalue weighted by Gasteiger charge is -2.24. The van der Waals surface area contributed by atoms with Crippen molar-refractivity contribution in [3.63, 3.8) is 0 Å². The Kier molecular flexibility index (Phi) is 5.44. The number of nitrogens with zero attached hydrogens (tertiary/aromatic N) is 1. The van der Waals surface area contributed by atoms with Gasteiger partial charge in [0.15, 0.2) is 0 Å². The summed E-state index contributed by atoms with van der Waals surface area (Å²) < 4.78 is 4.74. The molecule has 4 nitrogen and oxygen atoms in total. The Labute approximate surface area is 123 Å². The number of carbonyl (C=O) groups excluding carboxylic acids is 1. The van der Waals surface area contributed by atoms with Crippen LogP contribution in [-0.4, -0.2) is 43.2 Å². The van der Waals surface area contributed by atoms with E-state index in [1.54, 1.807) is 6.92 Å². The van der Waals surface area contributed by atoms with E-state index in [-0.39, 0.29) is 5.97 Å². The molecule has 0 amide bonds. The van der Waals surface area contributed by atoms with Gasteiger partial charge in [-0.05, 0) is 70.3 Å². The number of hydrogen-bond acceptors (Lipinski definition) is 4. The molecule has 2 aliphatic carbocycles. The third kappa shape index (κ3) is 5.41. The SMILES string of the molecule is COC(=O)C(C)(N)CCCCN(CC1CC1)CC1CC1. The Balaban J connectivity index is 1.62. The molecule has 116 valence electrons. The first-order chi connectivity index (χ1) is 9.51. The summed E-state index contributed by atoms with van der Waals surface area (Å²) in [6, 6.07) is 0. The van der Waals surface area contributed by atoms with Crippen molar-refractivity contribution in [1.29, 1.82) is 0 Å². The van der Waals surface area contributed by atoms with E-state index in [0.717, 1.165) is 31.2 Å². The van der Waals surface area contributed by atoms with Crippen LogP contribution in [0.15, 0.2) is 0 Å². The molecule has 2 rings (SSSR count). The maximum Gasteiger partial charge on any atom is 0.325 e. The summed E-state index contributed by atoms with van der Waals surface area (Å²) in [6.07, 6.45) is 8.51. The second-order valence-corrected chi connectivity index (χ2v) is 7.01. The number of carbonyl (C=O) groups is 1. The fourth-order valence-corrected chi connectivity index (χ4v) is 2.75. The Hall–Kier alpha value is -0.610. The third-order valence-electron chi connectivity index (χ3n) is 4.50. The lowest BCUT2D eigenvalue weighted by atomic mass is 9.96. The number of methoxy groups -OCH3 is 1. The van der Waals surface area contributed by atoms with Gasteiger partial charge in [0.05, 0.1) is 7.11 Å². The van der Waals surface area contributed by atoms with Crippen LogP contribution in [0.1, 0.15) is 51.9 Å². The minimum absolute atomic E-state index is 0.301. The van der Waals surface area contributed by atoms with Crippen LogP contribution >= 0.6 is 0 Å². The number of rotatable bonds is 10. The fraction of sp³-hybridized carbons (Fsp3) is 0.938. The molecule has 0 aromatic rings. The van der Waals surface area contributed by atoms with Gasteiger partial charge in [-0.1, -0.05) is 0 Å². The summed E-state index contributed by atoms with van der Waals surface area (Å²) in [5, 5.41) is 0. The molecule has 0 radical (unpaired) electrons. The van der Waals surface area contributed by atoms with Crippen molar-refractivity contribution >= 4 is 5.97 Å². The van der Waals surface area contributed by atoms with Crippen LogP contribution in [0.4, 0.5) is 0 Å². The summed E-state index contributed by atoms with van der Waals surface area (Å²) in [6.45, 7) is 5.50. The molecule has 0 saturated heterocycles. The Morgan fingerprint density at radius 2 is 1.75 bits per heavy atom. The van der Waals surface area contributed by atoms with Crippen LogP contribution in [0, 0.1) is 11.8 Å². The first-order valence-electron chi connectivity index (χ1n) is 8.11. The van der Waals surface area contributed by atoms with Crippen LogP contribution in [0.25, 0.3) is 0 Å². The second kappa shape index (κ2) is 6.90. The molecule has 4 heteroatoms. The molecule has 2 N–H and O–H groups in total. The fourth-order valence-electron chi connectivity index (χ4n) is 2.75. The highest BCUT2D eigenvalue weighted by Gasteiger charge is 2.30. The summed E-state index contributed by atoms with van der Waals surface area (Å²) in [5.74, 6) is 1.62. The molecule has 0 aromatic carbocycles. The van der Waals surface area contributed by atoms with Gasteiger partial charge in [-0.3, -0.25) is 4.79 Å². The van der Waals surface area contributed by atoms with Gasteiger partial charge in [-0.2, -0.15) is 0 Å². The zero-order valence-corrected chi connectivity index (χ0v) is 13.1. The molecule has 0 aromatic heterocycles. The van der Waals surface area contributed by atoms with E-state index in [1.165, 1.54) is 45.9 Å². The van der Waals surface area contributed by atoms with Gasteiger partial charge < -0.3 is 15.4 Å². The summed E-state index contributed by atoms with van der Waals surface area (Å²) in [7, 11) is 1.40. The molecule has 20 heavy (non-hydrogen) atoms. The Morgan fingerprint density at radius 3 is 2.20 bits per heavy atom. The zero-order valence-electron chi connectivity index (χ0n) is 13.1. The zero-order chi connectivity index (χ0) is 14.6. The summed E-state index contributed by atoms with van der Waals surface area (Å²) in [4.78, 5) is 14.2. The minimum Gasteiger partial charge on any atom is -0.468 e. The number of ether oxygens (including phenoxy) is 1. The molecule has 2 aliphatic rings. The van der Waals surface area contributed by atoms with E-state index in [2.05, 4.69) is 4.90 Å². The van der Waals surface area contributed by atoms with Crippen molar-refractivity contribution in [2.24, 2.45) is 17.6 Å². The Bertz CT molecular complexity index is 308. The molecule has 2 saturated carbocycles. The van der Waals surface area contributed by atoms with Gasteiger partial charge in [0.25, 0.3) is 0 Å². The van der Waals surface area contributed by atoms with Gasteiger partial charge >= 0.3 is 5.97 Å². The second-order valence-electron chi connectivity index (χ2n) is 7.01. The number of esters is 1. The van der Waals surface area contributed by atoms with E-state index >= 15 is 0 Å². The topological polar surface area (TPSA) is 55.6 Å². The highest BCUT2D eigenvalue weighted by molar-refractivity contribution is 5.79. The van der Waals surface area contributed by atoms with Crippen LogP contribution < -0.4 is 5.73 Å². The first kappa shape index (κ1) is 15.8. The Morgan fingerprint density at radius 1 is 1.20 bits per heavy atom. The molecule has 0 spiro atoms. The average Bonchev–Trinajstić information content (AvgIpc) is 3.29. The van der Waals surface area contributed by atoms with Gasteiger partial charge in [0.1, 0.15) is 5.54 Å². The number of unbranched alkanes of at least 4 members (excludes halogenated alkanes) is 1. The van der Waals surface area contributed by atoms with E-state index in [1.807, 2.05) is 0 Å². The molecule has 0 heterocycles. The molecule has 2 fully saturated rings. The van der Waals surface area contributed by atoms with Crippen molar-refractivity contribution in [3.8, 4) is 0 Å². The molecular formula is C16H30N2O2.